The highest BCUT2D eigenvalue weighted by atomic mass is 79.9. The molecule has 0 radical (unpaired) electrons. The smallest absolute Gasteiger partial charge is 0.251 e. The van der Waals surface area contributed by atoms with E-state index in [-0.39, 0.29) is 11.8 Å². The van der Waals surface area contributed by atoms with Crippen molar-refractivity contribution in [2.24, 2.45) is 0 Å². The molecule has 0 aliphatic heterocycles. The van der Waals surface area contributed by atoms with Crippen molar-refractivity contribution in [2.45, 2.75) is 13.3 Å². The molecular formula is C12H15BrN2O2. The Morgan fingerprint density at radius 3 is 2.76 bits per heavy atom. The van der Waals surface area contributed by atoms with Crippen LogP contribution in [0.3, 0.4) is 0 Å². The molecule has 0 aliphatic carbocycles. The molecule has 1 aromatic carbocycles. The van der Waals surface area contributed by atoms with E-state index in [1.807, 2.05) is 6.92 Å². The maximum Gasteiger partial charge on any atom is 0.251 e. The van der Waals surface area contributed by atoms with Crippen LogP contribution >= 0.6 is 15.9 Å². The number of benzene rings is 1. The van der Waals surface area contributed by atoms with Crippen molar-refractivity contribution in [3.05, 3.63) is 29.8 Å². The summed E-state index contributed by atoms with van der Waals surface area (Å²) in [4.78, 5) is 23.0. The van der Waals surface area contributed by atoms with Crippen LogP contribution in [0.5, 0.6) is 0 Å². The van der Waals surface area contributed by atoms with Crippen LogP contribution in [0, 0.1) is 0 Å². The maximum atomic E-state index is 11.6. The summed E-state index contributed by atoms with van der Waals surface area (Å²) in [7, 11) is 0. The number of carbonyl (C=O) groups is 2. The van der Waals surface area contributed by atoms with E-state index in [9.17, 15) is 9.59 Å². The first kappa shape index (κ1) is 13.7. The molecule has 5 heteroatoms. The molecule has 0 unspecified atom stereocenters. The van der Waals surface area contributed by atoms with Gasteiger partial charge >= 0.3 is 0 Å². The van der Waals surface area contributed by atoms with Gasteiger partial charge in [0.15, 0.2) is 0 Å². The van der Waals surface area contributed by atoms with Crippen molar-refractivity contribution in [3.8, 4) is 0 Å². The fourth-order valence-corrected chi connectivity index (χ4v) is 1.67. The SMILES string of the molecule is CCNC(=O)c1cccc(NC(=O)CCBr)c1. The van der Waals surface area contributed by atoms with Gasteiger partial charge in [0.25, 0.3) is 5.91 Å². The first-order valence-electron chi connectivity index (χ1n) is 5.41. The Balaban J connectivity index is 2.72. The van der Waals surface area contributed by atoms with E-state index >= 15 is 0 Å². The average molecular weight is 299 g/mol. The number of nitrogens with one attached hydrogen (secondary N) is 2. The predicted octanol–water partition coefficient (Wildman–Crippen LogP) is 2.16. The third-order valence-electron chi connectivity index (χ3n) is 2.07. The third kappa shape index (κ3) is 4.56. The molecule has 1 aromatic rings. The van der Waals surface area contributed by atoms with Crippen LogP contribution in [0.1, 0.15) is 23.7 Å². The summed E-state index contributed by atoms with van der Waals surface area (Å²) in [5.41, 5.74) is 1.18. The van der Waals surface area contributed by atoms with E-state index in [1.54, 1.807) is 24.3 Å². The molecule has 2 N–H and O–H groups in total. The number of amides is 2. The Morgan fingerprint density at radius 2 is 2.12 bits per heavy atom. The molecular weight excluding hydrogens is 284 g/mol. The number of hydrogen-bond acceptors (Lipinski definition) is 2. The average Bonchev–Trinajstić information content (AvgIpc) is 2.30. The van der Waals surface area contributed by atoms with Gasteiger partial charge in [0, 0.05) is 29.5 Å². The minimum atomic E-state index is -0.135. The summed E-state index contributed by atoms with van der Waals surface area (Å²) in [6.45, 7) is 2.44. The first-order valence-corrected chi connectivity index (χ1v) is 6.53. The van der Waals surface area contributed by atoms with Gasteiger partial charge in [-0.05, 0) is 25.1 Å². The molecule has 0 spiro atoms. The van der Waals surface area contributed by atoms with Crippen molar-refractivity contribution < 1.29 is 9.59 Å². The van der Waals surface area contributed by atoms with Gasteiger partial charge in [-0.1, -0.05) is 22.0 Å². The fraction of sp³-hybridized carbons (Fsp3) is 0.333. The van der Waals surface area contributed by atoms with E-state index in [0.29, 0.717) is 29.5 Å². The molecule has 0 heterocycles. The predicted molar refractivity (Wildman–Crippen MR) is 71.5 cm³/mol. The Bertz CT molecular complexity index is 407. The van der Waals surface area contributed by atoms with Crippen LogP contribution in [0.4, 0.5) is 5.69 Å². The molecule has 0 saturated carbocycles. The van der Waals surface area contributed by atoms with E-state index < -0.39 is 0 Å². The van der Waals surface area contributed by atoms with Gasteiger partial charge in [-0.2, -0.15) is 0 Å². The van der Waals surface area contributed by atoms with Crippen LogP contribution in [-0.2, 0) is 4.79 Å². The minimum Gasteiger partial charge on any atom is -0.352 e. The molecule has 0 saturated heterocycles. The van der Waals surface area contributed by atoms with Crippen LogP contribution < -0.4 is 10.6 Å². The lowest BCUT2D eigenvalue weighted by molar-refractivity contribution is -0.115. The molecule has 4 nitrogen and oxygen atoms in total. The van der Waals surface area contributed by atoms with Gasteiger partial charge in [-0.25, -0.2) is 0 Å². The molecule has 0 atom stereocenters. The lowest BCUT2D eigenvalue weighted by atomic mass is 10.2. The van der Waals surface area contributed by atoms with E-state index in [4.69, 9.17) is 0 Å². The highest BCUT2D eigenvalue weighted by molar-refractivity contribution is 9.09. The third-order valence-corrected chi connectivity index (χ3v) is 2.46. The first-order chi connectivity index (χ1) is 8.17. The van der Waals surface area contributed by atoms with Crippen molar-refractivity contribution in [1.82, 2.24) is 5.32 Å². The summed E-state index contributed by atoms with van der Waals surface area (Å²) in [5, 5.41) is 6.06. The zero-order valence-electron chi connectivity index (χ0n) is 9.63. The molecule has 0 bridgehead atoms. The zero-order chi connectivity index (χ0) is 12.7. The minimum absolute atomic E-state index is 0.0741. The number of halogens is 1. The standard InChI is InChI=1S/C12H15BrN2O2/c1-2-14-12(17)9-4-3-5-10(8-9)15-11(16)6-7-13/h3-5,8H,2,6-7H2,1H3,(H,14,17)(H,15,16). The summed E-state index contributed by atoms with van der Waals surface area (Å²) in [6.07, 6.45) is 0.408. The van der Waals surface area contributed by atoms with Crippen molar-refractivity contribution in [2.75, 3.05) is 17.2 Å². The van der Waals surface area contributed by atoms with Crippen molar-refractivity contribution >= 4 is 33.4 Å². The second-order valence-corrected chi connectivity index (χ2v) is 4.22. The lowest BCUT2D eigenvalue weighted by Gasteiger charge is -2.06. The zero-order valence-corrected chi connectivity index (χ0v) is 11.2. The highest BCUT2D eigenvalue weighted by Gasteiger charge is 2.06. The fourth-order valence-electron chi connectivity index (χ4n) is 1.31. The second-order valence-electron chi connectivity index (χ2n) is 3.43. The van der Waals surface area contributed by atoms with Crippen LogP contribution in [0.15, 0.2) is 24.3 Å². The van der Waals surface area contributed by atoms with E-state index in [2.05, 4.69) is 26.6 Å². The summed E-state index contributed by atoms with van der Waals surface area (Å²) >= 11 is 3.20. The van der Waals surface area contributed by atoms with Crippen LogP contribution in [-0.4, -0.2) is 23.7 Å². The van der Waals surface area contributed by atoms with Gasteiger partial charge in [0.2, 0.25) is 5.91 Å². The molecule has 92 valence electrons. The van der Waals surface area contributed by atoms with E-state index in [0.717, 1.165) is 0 Å². The number of rotatable bonds is 5. The molecule has 17 heavy (non-hydrogen) atoms. The quantitative estimate of drug-likeness (QED) is 0.819. The van der Waals surface area contributed by atoms with E-state index in [1.165, 1.54) is 0 Å². The van der Waals surface area contributed by atoms with Crippen LogP contribution in [0.2, 0.25) is 0 Å². The maximum absolute atomic E-state index is 11.6. The van der Waals surface area contributed by atoms with Gasteiger partial charge in [-0.15, -0.1) is 0 Å². The largest absolute Gasteiger partial charge is 0.352 e. The Kier molecular flexibility index (Phi) is 5.69. The van der Waals surface area contributed by atoms with Crippen molar-refractivity contribution in [3.63, 3.8) is 0 Å². The topological polar surface area (TPSA) is 58.2 Å². The number of anilines is 1. The van der Waals surface area contributed by atoms with Crippen LogP contribution in [0.25, 0.3) is 0 Å². The Hall–Kier alpha value is -1.36. The van der Waals surface area contributed by atoms with Gasteiger partial charge in [0.05, 0.1) is 0 Å². The van der Waals surface area contributed by atoms with Gasteiger partial charge < -0.3 is 10.6 Å². The second kappa shape index (κ2) is 7.06. The van der Waals surface area contributed by atoms with Gasteiger partial charge in [0.1, 0.15) is 0 Å². The molecule has 0 fully saturated rings. The number of hydrogen-bond donors (Lipinski definition) is 2. The summed E-state index contributed by atoms with van der Waals surface area (Å²) in [5.74, 6) is -0.209. The number of alkyl halides is 1. The van der Waals surface area contributed by atoms with Crippen molar-refractivity contribution in [1.29, 1.82) is 0 Å². The molecule has 0 aliphatic rings. The molecule has 1 rings (SSSR count). The monoisotopic (exact) mass is 298 g/mol. The summed E-state index contributed by atoms with van der Waals surface area (Å²) in [6, 6.07) is 6.88. The number of carbonyl (C=O) groups excluding carboxylic acids is 2. The lowest BCUT2D eigenvalue weighted by Crippen LogP contribution is -2.22. The normalized spacial score (nSPS) is 9.76. The molecule has 0 aromatic heterocycles. The Morgan fingerprint density at radius 1 is 1.35 bits per heavy atom. The summed E-state index contributed by atoms with van der Waals surface area (Å²) < 4.78 is 0. The molecule has 2 amide bonds. The highest BCUT2D eigenvalue weighted by Crippen LogP contribution is 2.11. The van der Waals surface area contributed by atoms with Gasteiger partial charge in [-0.3, -0.25) is 9.59 Å². The Labute approximate surface area is 109 Å².